The van der Waals surface area contributed by atoms with Crippen LogP contribution in [0.4, 0.5) is 0 Å². The second kappa shape index (κ2) is 3.73. The molecule has 1 aromatic rings. The molecule has 0 bridgehead atoms. The van der Waals surface area contributed by atoms with E-state index in [1.165, 1.54) is 26.6 Å². The van der Waals surface area contributed by atoms with Crippen molar-refractivity contribution in [3.8, 4) is 11.8 Å². The molecule has 3 rings (SSSR count). The van der Waals surface area contributed by atoms with Gasteiger partial charge in [0.15, 0.2) is 0 Å². The first-order valence-corrected chi connectivity index (χ1v) is 5.11. The van der Waals surface area contributed by atoms with Crippen molar-refractivity contribution in [3.05, 3.63) is 10.7 Å². The van der Waals surface area contributed by atoms with Crippen LogP contribution in [0.3, 0.4) is 0 Å². The van der Waals surface area contributed by atoms with E-state index in [1.807, 2.05) is 0 Å². The molecule has 1 aromatic heterocycles. The Morgan fingerprint density at radius 2 is 1.83 bits per heavy atom. The van der Waals surface area contributed by atoms with E-state index in [0.29, 0.717) is 16.4 Å². The summed E-state index contributed by atoms with van der Waals surface area (Å²) >= 11 is 0. The van der Waals surface area contributed by atoms with Crippen LogP contribution < -0.4 is 20.2 Å². The number of rotatable bonds is 2. The molecule has 0 saturated heterocycles. The van der Waals surface area contributed by atoms with E-state index >= 15 is 0 Å². The van der Waals surface area contributed by atoms with Crippen LogP contribution in [0.5, 0.6) is 11.8 Å². The number of Topliss-reactive ketones (excluding diaryl/α,β-unsaturated/α-hetero) is 1. The summed E-state index contributed by atoms with van der Waals surface area (Å²) < 4.78 is 10.1. The zero-order valence-corrected chi connectivity index (χ0v) is 9.67. The van der Waals surface area contributed by atoms with E-state index in [4.69, 9.17) is 9.47 Å². The summed E-state index contributed by atoms with van der Waals surface area (Å²) in [4.78, 5) is 28.1. The summed E-state index contributed by atoms with van der Waals surface area (Å²) in [6.45, 7) is 0. The Labute approximate surface area is 101 Å². The molecule has 0 N–H and O–H groups in total. The lowest BCUT2D eigenvalue weighted by atomic mass is 10.1. The number of carbonyl (C=O) groups is 1. The van der Waals surface area contributed by atoms with Crippen LogP contribution in [0, 0.1) is 0 Å². The Bertz CT molecular complexity index is 733. The molecular weight excluding hydrogens is 236 g/mol. The van der Waals surface area contributed by atoms with Gasteiger partial charge in [-0.25, -0.2) is 20.0 Å². The van der Waals surface area contributed by atoms with E-state index in [2.05, 4.69) is 20.0 Å². The highest BCUT2D eigenvalue weighted by Crippen LogP contribution is 2.17. The van der Waals surface area contributed by atoms with Gasteiger partial charge >= 0.3 is 0 Å². The predicted octanol–water partition coefficient (Wildman–Crippen LogP) is -1.55. The number of ether oxygens (including phenoxy) is 2. The number of aliphatic imine (C=N–C) groups is 2. The number of nitrogens with zero attached hydrogens (tertiary/aromatic N) is 4. The van der Waals surface area contributed by atoms with Crippen molar-refractivity contribution in [2.45, 2.75) is 0 Å². The molecule has 1 aliphatic heterocycles. The fraction of sp³-hybridized carbons (Fsp3) is 0.182. The number of methoxy groups -OCH3 is 2. The molecule has 0 atom stereocenters. The zero-order valence-electron chi connectivity index (χ0n) is 9.67. The lowest BCUT2D eigenvalue weighted by molar-refractivity contribution is -0.107. The molecule has 0 unspecified atom stereocenters. The Morgan fingerprint density at radius 1 is 1.11 bits per heavy atom. The van der Waals surface area contributed by atoms with Crippen LogP contribution in [-0.4, -0.2) is 42.0 Å². The molecule has 18 heavy (non-hydrogen) atoms. The van der Waals surface area contributed by atoms with Crippen LogP contribution in [0.2, 0.25) is 0 Å². The second-order valence-electron chi connectivity index (χ2n) is 3.56. The maximum Gasteiger partial charge on any atom is 0.278 e. The van der Waals surface area contributed by atoms with Gasteiger partial charge in [0, 0.05) is 6.08 Å². The van der Waals surface area contributed by atoms with Gasteiger partial charge in [0.05, 0.1) is 19.6 Å². The molecule has 0 spiro atoms. The van der Waals surface area contributed by atoms with Gasteiger partial charge < -0.3 is 9.47 Å². The number of ketones is 1. The van der Waals surface area contributed by atoms with Gasteiger partial charge in [-0.1, -0.05) is 0 Å². The first-order valence-electron chi connectivity index (χ1n) is 5.11. The van der Waals surface area contributed by atoms with Crippen LogP contribution in [0.1, 0.15) is 0 Å². The third-order valence-corrected chi connectivity index (χ3v) is 2.57. The molecule has 2 aliphatic rings. The second-order valence-corrected chi connectivity index (χ2v) is 3.56. The van der Waals surface area contributed by atoms with Crippen LogP contribution in [0.15, 0.2) is 9.98 Å². The average Bonchev–Trinajstić information content (AvgIpc) is 2.87. The van der Waals surface area contributed by atoms with Gasteiger partial charge in [-0.05, 0) is 0 Å². The van der Waals surface area contributed by atoms with Gasteiger partial charge in [-0.3, -0.25) is 4.79 Å². The highest BCUT2D eigenvalue weighted by molar-refractivity contribution is 6.64. The lowest BCUT2D eigenvalue weighted by Crippen LogP contribution is -2.41. The largest absolute Gasteiger partial charge is 0.477 e. The average molecular weight is 244 g/mol. The van der Waals surface area contributed by atoms with E-state index in [9.17, 15) is 4.79 Å². The fourth-order valence-electron chi connectivity index (χ4n) is 1.77. The molecule has 90 valence electrons. The summed E-state index contributed by atoms with van der Waals surface area (Å²) in [6.07, 6.45) is 2.69. The van der Waals surface area contributed by atoms with E-state index in [1.54, 1.807) is 0 Å². The highest BCUT2D eigenvalue weighted by Gasteiger charge is 2.24. The number of fused-ring (bicyclic) bond motifs is 2. The zero-order chi connectivity index (χ0) is 12.7. The van der Waals surface area contributed by atoms with Crippen molar-refractivity contribution in [1.82, 2.24) is 9.97 Å². The summed E-state index contributed by atoms with van der Waals surface area (Å²) in [5, 5.41) is 0.880. The minimum Gasteiger partial charge on any atom is -0.477 e. The maximum atomic E-state index is 11.8. The topological polar surface area (TPSA) is 86.0 Å². The molecule has 1 aliphatic carbocycles. The molecule has 0 radical (unpaired) electrons. The van der Waals surface area contributed by atoms with Gasteiger partial charge in [-0.15, -0.1) is 0 Å². The Kier molecular flexibility index (Phi) is 2.19. The third-order valence-electron chi connectivity index (χ3n) is 2.57. The Morgan fingerprint density at radius 3 is 2.56 bits per heavy atom. The molecule has 7 heteroatoms. The van der Waals surface area contributed by atoms with Crippen molar-refractivity contribution in [2.75, 3.05) is 14.2 Å². The molecule has 0 saturated carbocycles. The summed E-state index contributed by atoms with van der Waals surface area (Å²) in [7, 11) is 2.92. The summed E-state index contributed by atoms with van der Waals surface area (Å²) in [5.41, 5.74) is 0.704. The number of hydrogen-bond acceptors (Lipinski definition) is 7. The Hall–Kier alpha value is -2.57. The molecule has 0 amide bonds. The molecule has 0 aromatic carbocycles. The highest BCUT2D eigenvalue weighted by atomic mass is 16.5. The molecule has 7 nitrogen and oxygen atoms in total. The minimum absolute atomic E-state index is 0.225. The number of aromatic nitrogens is 2. The maximum absolute atomic E-state index is 11.8. The van der Waals surface area contributed by atoms with Gasteiger partial charge in [0.1, 0.15) is 23.1 Å². The standard InChI is InChI=1S/C11H8N4O3/c1-17-10-11(18-2)15-7-5(14-10)3-6(16)8-9(7)13-4-12-8/h3-4H,1-2H3. The van der Waals surface area contributed by atoms with Crippen molar-refractivity contribution in [3.63, 3.8) is 0 Å². The quantitative estimate of drug-likeness (QED) is 0.628. The summed E-state index contributed by atoms with van der Waals surface area (Å²) in [6, 6.07) is 0. The van der Waals surface area contributed by atoms with Crippen LogP contribution in [-0.2, 0) is 4.79 Å². The smallest absolute Gasteiger partial charge is 0.278 e. The van der Waals surface area contributed by atoms with Crippen LogP contribution in [0.25, 0.3) is 11.8 Å². The SMILES string of the molecule is COc1nc2c(nc1OC)=C1N=CN=C1C(=O)C=2. The molecular formula is C11H8N4O3. The number of hydrogen-bond donors (Lipinski definition) is 0. The van der Waals surface area contributed by atoms with Gasteiger partial charge in [0.2, 0.25) is 5.78 Å². The van der Waals surface area contributed by atoms with Gasteiger partial charge in [-0.2, -0.15) is 0 Å². The molecule has 0 fully saturated rings. The van der Waals surface area contributed by atoms with E-state index in [-0.39, 0.29) is 23.3 Å². The van der Waals surface area contributed by atoms with Crippen molar-refractivity contribution in [1.29, 1.82) is 0 Å². The van der Waals surface area contributed by atoms with E-state index in [0.717, 1.165) is 0 Å². The van der Waals surface area contributed by atoms with Crippen LogP contribution >= 0.6 is 0 Å². The van der Waals surface area contributed by atoms with Crippen molar-refractivity contribution < 1.29 is 14.3 Å². The fourth-order valence-corrected chi connectivity index (χ4v) is 1.77. The number of carbonyl (C=O) groups excluding carboxylic acids is 1. The monoisotopic (exact) mass is 244 g/mol. The third kappa shape index (κ3) is 1.33. The molecule has 2 heterocycles. The first-order chi connectivity index (χ1) is 8.74. The van der Waals surface area contributed by atoms with Crippen molar-refractivity contribution in [2.24, 2.45) is 9.98 Å². The normalized spacial score (nSPS) is 15.8. The van der Waals surface area contributed by atoms with Gasteiger partial charge in [0.25, 0.3) is 11.8 Å². The Balaban J connectivity index is 2.42. The predicted molar refractivity (Wildman–Crippen MR) is 63.2 cm³/mol. The lowest BCUT2D eigenvalue weighted by Gasteiger charge is -2.08. The summed E-state index contributed by atoms with van der Waals surface area (Å²) in [5.74, 6) is 0.229. The minimum atomic E-state index is -0.239. The van der Waals surface area contributed by atoms with E-state index < -0.39 is 0 Å². The first kappa shape index (κ1) is 10.6. The van der Waals surface area contributed by atoms with Crippen molar-refractivity contribution >= 4 is 29.6 Å².